The van der Waals surface area contributed by atoms with E-state index in [2.05, 4.69) is 10.6 Å². The second kappa shape index (κ2) is 6.26. The van der Waals surface area contributed by atoms with Crippen LogP contribution in [0.3, 0.4) is 0 Å². The first-order chi connectivity index (χ1) is 9.10. The number of amides is 1. The molecule has 0 radical (unpaired) electrons. The van der Waals surface area contributed by atoms with Crippen LogP contribution >= 0.6 is 0 Å². The van der Waals surface area contributed by atoms with Gasteiger partial charge in [-0.25, -0.2) is 13.2 Å². The number of carbonyl (C=O) groups is 1. The fraction of sp³-hybridized carbons (Fsp3) is 0.500. The first-order valence-electron chi connectivity index (χ1n) is 6.29. The van der Waals surface area contributed by atoms with Crippen molar-refractivity contribution < 1.29 is 18.0 Å². The molecule has 1 amide bonds. The van der Waals surface area contributed by atoms with Crippen molar-refractivity contribution in [3.8, 4) is 0 Å². The van der Waals surface area contributed by atoms with Crippen molar-refractivity contribution in [1.29, 1.82) is 0 Å². The van der Waals surface area contributed by atoms with Gasteiger partial charge in [-0.2, -0.15) is 0 Å². The minimum absolute atomic E-state index is 0.0624. The van der Waals surface area contributed by atoms with Crippen LogP contribution in [0, 0.1) is 17.5 Å². The van der Waals surface area contributed by atoms with Crippen molar-refractivity contribution in [3.05, 3.63) is 35.1 Å². The molecule has 0 heterocycles. The van der Waals surface area contributed by atoms with Gasteiger partial charge in [0, 0.05) is 12.1 Å². The molecule has 0 saturated heterocycles. The van der Waals surface area contributed by atoms with Crippen molar-refractivity contribution in [1.82, 2.24) is 10.6 Å². The minimum Gasteiger partial charge on any atom is -0.350 e. The Hall–Kier alpha value is -1.56. The number of rotatable bonds is 4. The van der Waals surface area contributed by atoms with E-state index in [1.54, 1.807) is 6.92 Å². The van der Waals surface area contributed by atoms with E-state index in [-0.39, 0.29) is 23.6 Å². The Bertz CT molecular complexity index is 475. The Kier molecular flexibility index (Phi) is 5.16. The molecule has 1 aromatic rings. The molecule has 1 rings (SSSR count). The summed E-state index contributed by atoms with van der Waals surface area (Å²) in [5, 5.41) is 5.60. The van der Waals surface area contributed by atoms with Gasteiger partial charge >= 0.3 is 0 Å². The summed E-state index contributed by atoms with van der Waals surface area (Å²) < 4.78 is 38.8. The molecule has 0 aliphatic rings. The maximum absolute atomic E-state index is 13.0. The third-order valence-electron chi connectivity index (χ3n) is 2.55. The van der Waals surface area contributed by atoms with Crippen LogP contribution in [0.25, 0.3) is 0 Å². The van der Waals surface area contributed by atoms with Crippen LogP contribution in [0.15, 0.2) is 12.1 Å². The quantitative estimate of drug-likeness (QED) is 0.836. The van der Waals surface area contributed by atoms with E-state index in [1.165, 1.54) is 0 Å². The van der Waals surface area contributed by atoms with Crippen molar-refractivity contribution >= 4 is 5.91 Å². The molecule has 0 aliphatic heterocycles. The van der Waals surface area contributed by atoms with Gasteiger partial charge in [0.25, 0.3) is 0 Å². The maximum atomic E-state index is 13.0. The molecule has 0 bridgehead atoms. The highest BCUT2D eigenvalue weighted by atomic mass is 19.2. The smallest absolute Gasteiger partial charge is 0.237 e. The zero-order valence-electron chi connectivity index (χ0n) is 12.0. The van der Waals surface area contributed by atoms with Gasteiger partial charge in [-0.1, -0.05) is 0 Å². The number of hydrogen-bond donors (Lipinski definition) is 2. The van der Waals surface area contributed by atoms with Gasteiger partial charge in [0.15, 0.2) is 17.5 Å². The SMILES string of the molecule is CC(NCc1cc(F)c(F)c(F)c1)C(=O)NC(C)(C)C. The number of carbonyl (C=O) groups excluding carboxylic acids is 1. The van der Waals surface area contributed by atoms with E-state index < -0.39 is 23.5 Å². The largest absolute Gasteiger partial charge is 0.350 e. The predicted octanol–water partition coefficient (Wildman–Crippen LogP) is 2.50. The Balaban J connectivity index is 2.61. The molecule has 0 fully saturated rings. The van der Waals surface area contributed by atoms with Gasteiger partial charge in [-0.05, 0) is 45.4 Å². The molecule has 0 spiro atoms. The van der Waals surface area contributed by atoms with E-state index in [1.807, 2.05) is 20.8 Å². The summed E-state index contributed by atoms with van der Waals surface area (Å²) in [4.78, 5) is 11.8. The first kappa shape index (κ1) is 16.5. The van der Waals surface area contributed by atoms with E-state index >= 15 is 0 Å². The standard InChI is InChI=1S/C14H19F3N2O/c1-8(13(20)19-14(2,3)4)18-7-9-5-10(15)12(17)11(16)6-9/h5-6,8,18H,7H2,1-4H3,(H,19,20). The highest BCUT2D eigenvalue weighted by molar-refractivity contribution is 5.81. The molecule has 3 nitrogen and oxygen atoms in total. The van der Waals surface area contributed by atoms with Gasteiger partial charge in [-0.15, -0.1) is 0 Å². The van der Waals surface area contributed by atoms with E-state index in [9.17, 15) is 18.0 Å². The van der Waals surface area contributed by atoms with Crippen molar-refractivity contribution in [3.63, 3.8) is 0 Å². The van der Waals surface area contributed by atoms with Crippen LogP contribution < -0.4 is 10.6 Å². The first-order valence-corrected chi connectivity index (χ1v) is 6.29. The lowest BCUT2D eigenvalue weighted by Gasteiger charge is -2.23. The summed E-state index contributed by atoms with van der Waals surface area (Å²) in [6.45, 7) is 7.25. The lowest BCUT2D eigenvalue weighted by Crippen LogP contribution is -2.49. The van der Waals surface area contributed by atoms with E-state index in [0.717, 1.165) is 12.1 Å². The van der Waals surface area contributed by atoms with Crippen molar-refractivity contribution in [2.75, 3.05) is 0 Å². The molecule has 112 valence electrons. The van der Waals surface area contributed by atoms with Crippen LogP contribution in [-0.4, -0.2) is 17.5 Å². The second-order valence-corrected chi connectivity index (χ2v) is 5.72. The monoisotopic (exact) mass is 288 g/mol. The van der Waals surface area contributed by atoms with Gasteiger partial charge in [0.05, 0.1) is 6.04 Å². The summed E-state index contributed by atoms with van der Waals surface area (Å²) in [6, 6.07) is 1.27. The van der Waals surface area contributed by atoms with Crippen molar-refractivity contribution in [2.24, 2.45) is 0 Å². The van der Waals surface area contributed by atoms with Crippen LogP contribution in [-0.2, 0) is 11.3 Å². The fourth-order valence-electron chi connectivity index (χ4n) is 1.55. The molecular weight excluding hydrogens is 269 g/mol. The lowest BCUT2D eigenvalue weighted by molar-refractivity contribution is -0.124. The van der Waals surface area contributed by atoms with Gasteiger partial charge in [0.2, 0.25) is 5.91 Å². The molecule has 0 saturated carbocycles. The number of hydrogen-bond acceptors (Lipinski definition) is 2. The average Bonchev–Trinajstić information content (AvgIpc) is 2.30. The minimum atomic E-state index is -1.49. The average molecular weight is 288 g/mol. The van der Waals surface area contributed by atoms with Crippen LogP contribution in [0.1, 0.15) is 33.3 Å². The molecular formula is C14H19F3N2O. The molecule has 0 aliphatic carbocycles. The summed E-state index contributed by atoms with van der Waals surface area (Å²) >= 11 is 0. The number of benzene rings is 1. The lowest BCUT2D eigenvalue weighted by atomic mass is 10.1. The number of halogens is 3. The summed E-state index contributed by atoms with van der Waals surface area (Å²) in [6.07, 6.45) is 0. The Morgan fingerprint density at radius 1 is 1.20 bits per heavy atom. The van der Waals surface area contributed by atoms with Gasteiger partial charge in [0.1, 0.15) is 0 Å². The third kappa shape index (κ3) is 4.85. The Morgan fingerprint density at radius 2 is 1.70 bits per heavy atom. The van der Waals surface area contributed by atoms with E-state index in [0.29, 0.717) is 0 Å². The normalized spacial score (nSPS) is 13.2. The van der Waals surface area contributed by atoms with Crippen LogP contribution in [0.4, 0.5) is 13.2 Å². The van der Waals surface area contributed by atoms with Gasteiger partial charge in [-0.3, -0.25) is 4.79 Å². The molecule has 1 atom stereocenters. The highest BCUT2D eigenvalue weighted by Gasteiger charge is 2.19. The van der Waals surface area contributed by atoms with Crippen LogP contribution in [0.2, 0.25) is 0 Å². The Morgan fingerprint density at radius 3 is 2.15 bits per heavy atom. The molecule has 6 heteroatoms. The van der Waals surface area contributed by atoms with Crippen molar-refractivity contribution in [2.45, 2.75) is 45.8 Å². The number of nitrogens with one attached hydrogen (secondary N) is 2. The van der Waals surface area contributed by atoms with E-state index in [4.69, 9.17) is 0 Å². The van der Waals surface area contributed by atoms with Gasteiger partial charge < -0.3 is 10.6 Å². The summed E-state index contributed by atoms with van der Waals surface area (Å²) in [5.41, 5.74) is -0.127. The topological polar surface area (TPSA) is 41.1 Å². The molecule has 0 aromatic heterocycles. The molecule has 1 unspecified atom stereocenters. The zero-order chi connectivity index (χ0) is 15.5. The second-order valence-electron chi connectivity index (χ2n) is 5.72. The third-order valence-corrected chi connectivity index (χ3v) is 2.55. The highest BCUT2D eigenvalue weighted by Crippen LogP contribution is 2.13. The van der Waals surface area contributed by atoms with Crippen LogP contribution in [0.5, 0.6) is 0 Å². The Labute approximate surface area is 116 Å². The summed E-state index contributed by atoms with van der Waals surface area (Å²) in [5.74, 6) is -4.20. The molecule has 1 aromatic carbocycles. The predicted molar refractivity (Wildman–Crippen MR) is 70.5 cm³/mol. The summed E-state index contributed by atoms with van der Waals surface area (Å²) in [7, 11) is 0. The zero-order valence-corrected chi connectivity index (χ0v) is 12.0. The fourth-order valence-corrected chi connectivity index (χ4v) is 1.55. The maximum Gasteiger partial charge on any atom is 0.237 e. The molecule has 2 N–H and O–H groups in total. The molecule has 20 heavy (non-hydrogen) atoms.